The number of phenols is 1. The summed E-state index contributed by atoms with van der Waals surface area (Å²) < 4.78 is 14.5. The summed E-state index contributed by atoms with van der Waals surface area (Å²) in [6.45, 7) is 3.84. The van der Waals surface area contributed by atoms with E-state index in [2.05, 4.69) is 26.1 Å². The first-order valence-corrected chi connectivity index (χ1v) is 9.09. The zero-order valence-electron chi connectivity index (χ0n) is 13.6. The summed E-state index contributed by atoms with van der Waals surface area (Å²) in [4.78, 5) is 2.43. The van der Waals surface area contributed by atoms with E-state index in [1.165, 1.54) is 32.1 Å². The lowest BCUT2D eigenvalue weighted by Crippen LogP contribution is -2.47. The van der Waals surface area contributed by atoms with Crippen LogP contribution < -0.4 is 5.32 Å². The Kier molecular flexibility index (Phi) is 9.31. The molecule has 1 aliphatic carbocycles. The minimum Gasteiger partial charge on any atom is -0.505 e. The van der Waals surface area contributed by atoms with E-state index in [9.17, 15) is 9.50 Å². The number of nitrogens with zero attached hydrogens (tertiary/aromatic N) is 1. The summed E-state index contributed by atoms with van der Waals surface area (Å²) in [6, 6.07) is 3.75. The molecule has 1 aromatic carbocycles. The predicted octanol–water partition coefficient (Wildman–Crippen LogP) is 4.66. The first kappa shape index (κ1) is 22.0. The smallest absolute Gasteiger partial charge is 0.179 e. The molecule has 0 radical (unpaired) electrons. The van der Waals surface area contributed by atoms with Gasteiger partial charge in [-0.2, -0.15) is 0 Å². The highest BCUT2D eigenvalue weighted by Gasteiger charge is 2.33. The number of benzene rings is 1. The summed E-state index contributed by atoms with van der Waals surface area (Å²) in [6.07, 6.45) is 6.13. The van der Waals surface area contributed by atoms with Gasteiger partial charge in [0.25, 0.3) is 0 Å². The second-order valence-corrected chi connectivity index (χ2v) is 7.28. The van der Waals surface area contributed by atoms with Crippen LogP contribution in [0.25, 0.3) is 0 Å². The van der Waals surface area contributed by atoms with Crippen LogP contribution in [0.2, 0.25) is 0 Å². The maximum absolute atomic E-state index is 14.2. The van der Waals surface area contributed by atoms with Gasteiger partial charge in [-0.3, -0.25) is 4.90 Å². The summed E-state index contributed by atoms with van der Waals surface area (Å²) in [5.41, 5.74) is 0.759. The van der Waals surface area contributed by atoms with E-state index in [1.54, 1.807) is 6.07 Å². The molecule has 2 aliphatic rings. The van der Waals surface area contributed by atoms with E-state index in [4.69, 9.17) is 0 Å². The van der Waals surface area contributed by atoms with E-state index in [1.807, 2.05) is 6.07 Å². The summed E-state index contributed by atoms with van der Waals surface area (Å²) in [7, 11) is 0. The van der Waals surface area contributed by atoms with Gasteiger partial charge in [0.15, 0.2) is 11.6 Å². The lowest BCUT2D eigenvalue weighted by Gasteiger charge is -2.41. The van der Waals surface area contributed by atoms with Crippen LogP contribution in [0.5, 0.6) is 5.75 Å². The second kappa shape index (κ2) is 10.2. The van der Waals surface area contributed by atoms with Gasteiger partial charge in [0.1, 0.15) is 0 Å². The second-order valence-electron chi connectivity index (χ2n) is 6.43. The molecule has 0 aromatic heterocycles. The molecule has 24 heavy (non-hydrogen) atoms. The fraction of sp³-hybridized carbons (Fsp3) is 0.647. The van der Waals surface area contributed by atoms with Crippen LogP contribution in [0.4, 0.5) is 4.39 Å². The average Bonchev–Trinajstić information content (AvgIpc) is 2.57. The summed E-state index contributed by atoms with van der Waals surface area (Å²) in [5, 5.41) is 13.7. The van der Waals surface area contributed by atoms with Gasteiger partial charge in [-0.1, -0.05) is 25.3 Å². The fourth-order valence-electron chi connectivity index (χ4n) is 3.95. The molecular formula is C17H26BrCl2FN2O. The molecular weight excluding hydrogens is 418 g/mol. The van der Waals surface area contributed by atoms with Gasteiger partial charge in [0, 0.05) is 37.8 Å². The normalized spacial score (nSPS) is 20.8. The molecule has 0 unspecified atom stereocenters. The Morgan fingerprint density at radius 2 is 1.75 bits per heavy atom. The molecule has 1 aromatic rings. The van der Waals surface area contributed by atoms with Crippen LogP contribution >= 0.6 is 40.7 Å². The fourth-order valence-corrected chi connectivity index (χ4v) is 4.27. The van der Waals surface area contributed by atoms with Crippen molar-refractivity contribution in [1.29, 1.82) is 0 Å². The Balaban J connectivity index is 0.00000144. The monoisotopic (exact) mass is 442 g/mol. The maximum Gasteiger partial charge on any atom is 0.179 e. The number of aromatic hydroxyl groups is 1. The average molecular weight is 444 g/mol. The lowest BCUT2D eigenvalue weighted by atomic mass is 9.80. The molecule has 3 rings (SSSR count). The van der Waals surface area contributed by atoms with E-state index in [-0.39, 0.29) is 36.6 Å². The van der Waals surface area contributed by atoms with E-state index in [0.717, 1.165) is 31.7 Å². The third-order valence-electron chi connectivity index (χ3n) is 5.06. The van der Waals surface area contributed by atoms with Crippen molar-refractivity contribution in [2.45, 2.75) is 38.1 Å². The van der Waals surface area contributed by atoms with Crippen LogP contribution in [0, 0.1) is 11.7 Å². The summed E-state index contributed by atoms with van der Waals surface area (Å²) in [5.74, 6) is -0.199. The Hall–Kier alpha value is -0.0700. The van der Waals surface area contributed by atoms with Crippen molar-refractivity contribution in [2.24, 2.45) is 5.92 Å². The molecule has 7 heteroatoms. The topological polar surface area (TPSA) is 35.5 Å². The third kappa shape index (κ3) is 4.76. The van der Waals surface area contributed by atoms with E-state index < -0.39 is 5.82 Å². The molecule has 3 nitrogen and oxygen atoms in total. The number of hydrogen-bond donors (Lipinski definition) is 2. The Labute approximate surface area is 164 Å². The zero-order valence-corrected chi connectivity index (χ0v) is 16.9. The Bertz CT molecular complexity index is 506. The maximum atomic E-state index is 14.2. The Morgan fingerprint density at radius 1 is 1.12 bits per heavy atom. The quantitative estimate of drug-likeness (QED) is 0.712. The number of phenolic OH excluding ortho intramolecular Hbond substituents is 1. The molecule has 138 valence electrons. The number of halogens is 4. The van der Waals surface area contributed by atoms with E-state index >= 15 is 0 Å². The zero-order chi connectivity index (χ0) is 15.5. The van der Waals surface area contributed by atoms with Crippen molar-refractivity contribution >= 4 is 40.7 Å². The van der Waals surface area contributed by atoms with E-state index in [0.29, 0.717) is 10.4 Å². The van der Waals surface area contributed by atoms with Crippen LogP contribution in [-0.2, 0) is 0 Å². The Morgan fingerprint density at radius 3 is 2.38 bits per heavy atom. The summed E-state index contributed by atoms with van der Waals surface area (Å²) >= 11 is 3.16. The largest absolute Gasteiger partial charge is 0.505 e. The lowest BCUT2D eigenvalue weighted by molar-refractivity contribution is 0.101. The van der Waals surface area contributed by atoms with Gasteiger partial charge in [-0.15, -0.1) is 24.8 Å². The van der Waals surface area contributed by atoms with Gasteiger partial charge in [0.2, 0.25) is 0 Å². The van der Waals surface area contributed by atoms with Crippen LogP contribution in [-0.4, -0.2) is 36.2 Å². The van der Waals surface area contributed by atoms with Gasteiger partial charge < -0.3 is 10.4 Å². The van der Waals surface area contributed by atoms with Gasteiger partial charge in [0.05, 0.1) is 4.47 Å². The third-order valence-corrected chi connectivity index (χ3v) is 5.67. The standard InChI is InChI=1S/C17H24BrFN2O.2ClH/c18-14-7-6-13(17(22)15(14)19)16(12-4-2-1-3-5-12)21-10-8-20-9-11-21;;/h6-7,12,16,20,22H,1-5,8-11H2;2*1H/t16-;;/m1../s1. The van der Waals surface area contributed by atoms with Gasteiger partial charge in [-0.05, 0) is 40.8 Å². The van der Waals surface area contributed by atoms with Crippen molar-refractivity contribution < 1.29 is 9.50 Å². The number of rotatable bonds is 3. The molecule has 2 fully saturated rings. The van der Waals surface area contributed by atoms with Crippen LogP contribution in [0.3, 0.4) is 0 Å². The van der Waals surface area contributed by atoms with Gasteiger partial charge in [-0.25, -0.2) is 4.39 Å². The molecule has 1 saturated carbocycles. The molecule has 1 heterocycles. The van der Waals surface area contributed by atoms with Crippen LogP contribution in [0.15, 0.2) is 16.6 Å². The molecule has 1 atom stereocenters. The van der Waals surface area contributed by atoms with Crippen molar-refractivity contribution in [1.82, 2.24) is 10.2 Å². The first-order valence-electron chi connectivity index (χ1n) is 8.30. The molecule has 0 spiro atoms. The number of nitrogens with one attached hydrogen (secondary N) is 1. The minimum atomic E-state index is -0.534. The number of hydrogen-bond acceptors (Lipinski definition) is 3. The number of piperazine rings is 1. The molecule has 2 N–H and O–H groups in total. The van der Waals surface area contributed by atoms with Crippen LogP contribution in [0.1, 0.15) is 43.7 Å². The molecule has 1 aliphatic heterocycles. The molecule has 0 amide bonds. The molecule has 1 saturated heterocycles. The van der Waals surface area contributed by atoms with Crippen molar-refractivity contribution in [3.05, 3.63) is 28.0 Å². The first-order chi connectivity index (χ1) is 10.7. The SMILES string of the molecule is Cl.Cl.Oc1c([C@@H](C2CCCCC2)N2CCNCC2)ccc(Br)c1F. The highest BCUT2D eigenvalue weighted by molar-refractivity contribution is 9.10. The van der Waals surface area contributed by atoms with Crippen molar-refractivity contribution in [2.75, 3.05) is 26.2 Å². The highest BCUT2D eigenvalue weighted by atomic mass is 79.9. The van der Waals surface area contributed by atoms with Crippen molar-refractivity contribution in [3.8, 4) is 5.75 Å². The highest BCUT2D eigenvalue weighted by Crippen LogP contribution is 2.43. The molecule has 0 bridgehead atoms. The minimum absolute atomic E-state index is 0. The van der Waals surface area contributed by atoms with Crippen molar-refractivity contribution in [3.63, 3.8) is 0 Å². The predicted molar refractivity (Wildman–Crippen MR) is 104 cm³/mol. The van der Waals surface area contributed by atoms with Gasteiger partial charge >= 0.3 is 0 Å².